The van der Waals surface area contributed by atoms with Crippen LogP contribution in [-0.2, 0) is 26.3 Å². The van der Waals surface area contributed by atoms with Gasteiger partial charge in [-0.1, -0.05) is 31.0 Å². The maximum absolute atomic E-state index is 13.7. The topological polar surface area (TPSA) is 71.2 Å². The van der Waals surface area contributed by atoms with Gasteiger partial charge in [0.25, 0.3) is 5.91 Å². The number of fused-ring (bicyclic) bond motifs is 5. The number of benzene rings is 2. The fraction of sp³-hybridized carbons (Fsp3) is 0.588. The average molecular weight is 611 g/mol. The van der Waals surface area contributed by atoms with E-state index in [-0.39, 0.29) is 28.1 Å². The van der Waals surface area contributed by atoms with Crippen LogP contribution in [0.3, 0.4) is 0 Å². The number of rotatable bonds is 0. The molecule has 7 atom stereocenters. The maximum Gasteiger partial charge on any atom is 0.262 e. The van der Waals surface area contributed by atoms with Crippen molar-refractivity contribution in [2.75, 3.05) is 31.2 Å². The fourth-order valence-corrected chi connectivity index (χ4v) is 10.00. The predicted octanol–water partition coefficient (Wildman–Crippen LogP) is 6.18. The summed E-state index contributed by atoms with van der Waals surface area (Å²) in [6.07, 6.45) is 8.57. The van der Waals surface area contributed by atoms with Gasteiger partial charge in [0.1, 0.15) is 5.75 Å². The van der Waals surface area contributed by atoms with Gasteiger partial charge in [-0.2, -0.15) is 0 Å². The van der Waals surface area contributed by atoms with E-state index >= 15 is 0 Å². The van der Waals surface area contributed by atoms with Gasteiger partial charge in [-0.05, 0) is 117 Å². The second kappa shape index (κ2) is 10.4. The molecular formula is C34H43ClN2O4S. The third-order valence-electron chi connectivity index (χ3n) is 11.3. The average Bonchev–Trinajstić information content (AvgIpc) is 3.73. The summed E-state index contributed by atoms with van der Waals surface area (Å²) in [4.78, 5) is 16.0. The van der Waals surface area contributed by atoms with E-state index < -0.39 is 9.71 Å². The Morgan fingerprint density at radius 2 is 1.90 bits per heavy atom. The van der Waals surface area contributed by atoms with E-state index in [1.54, 1.807) is 6.07 Å². The lowest BCUT2D eigenvalue weighted by molar-refractivity contribution is 0.0642. The molecule has 226 valence electrons. The highest BCUT2D eigenvalue weighted by Crippen LogP contribution is 2.54. The summed E-state index contributed by atoms with van der Waals surface area (Å²) in [5.41, 5.74) is 3.91. The minimum atomic E-state index is -2.84. The Bertz CT molecular complexity index is 1500. The lowest BCUT2D eigenvalue weighted by atomic mass is 9.65. The Kier molecular flexibility index (Phi) is 7.10. The summed E-state index contributed by atoms with van der Waals surface area (Å²) in [6.45, 7) is 7.24. The minimum Gasteiger partial charge on any atom is -0.490 e. The number of epoxide rings is 1. The highest BCUT2D eigenvalue weighted by atomic mass is 35.5. The number of carbonyl (C=O) groups excluding carboxylic acids is 1. The van der Waals surface area contributed by atoms with Gasteiger partial charge in [0, 0.05) is 34.3 Å². The van der Waals surface area contributed by atoms with Gasteiger partial charge in [0.05, 0.1) is 34.2 Å². The third-order valence-corrected chi connectivity index (χ3v) is 13.7. The summed E-state index contributed by atoms with van der Waals surface area (Å²) in [5.74, 6) is 5.73. The molecule has 2 spiro atoms. The number of amides is 1. The van der Waals surface area contributed by atoms with E-state index in [2.05, 4.69) is 34.5 Å². The molecule has 5 aliphatic rings. The highest BCUT2D eigenvalue weighted by Gasteiger charge is 2.57. The lowest BCUT2D eigenvalue weighted by Gasteiger charge is -2.46. The maximum atomic E-state index is 13.7. The van der Waals surface area contributed by atoms with E-state index in [9.17, 15) is 9.00 Å². The first-order valence-electron chi connectivity index (χ1n) is 15.7. The Morgan fingerprint density at radius 3 is 2.67 bits per heavy atom. The number of hydrogen-bond donors (Lipinski definition) is 1. The van der Waals surface area contributed by atoms with Gasteiger partial charge < -0.3 is 14.4 Å². The van der Waals surface area contributed by atoms with Crippen molar-refractivity contribution < 1.29 is 18.5 Å². The standard InChI is InChI=1S/C34H43ClN2O4S/c1-22-6-4-15-34(21-41-34)29-11-8-26(29)18-37-19-33(14-5-7-24-16-27(35)10-12-28(24)33)20-40-31-13-9-25(17-30(31)37)32(38)36-42(3,39)23(22)2/h9-10,12-13,16-17,22-23,26,29H,3-8,11,14-15,18-21H2,1-2H3,(H,36,38,39)/t22-,23+,26-,29+,33-,34+,42?/m0/s1. The van der Waals surface area contributed by atoms with E-state index in [0.29, 0.717) is 24.0 Å². The molecule has 3 aliphatic heterocycles. The van der Waals surface area contributed by atoms with Gasteiger partial charge in [-0.25, -0.2) is 4.21 Å². The first-order valence-corrected chi connectivity index (χ1v) is 17.9. The largest absolute Gasteiger partial charge is 0.490 e. The predicted molar refractivity (Wildman–Crippen MR) is 170 cm³/mol. The van der Waals surface area contributed by atoms with E-state index in [1.807, 2.05) is 25.1 Å². The monoisotopic (exact) mass is 610 g/mol. The van der Waals surface area contributed by atoms with Gasteiger partial charge in [-0.3, -0.25) is 9.52 Å². The van der Waals surface area contributed by atoms with Gasteiger partial charge in [0.2, 0.25) is 0 Å². The van der Waals surface area contributed by atoms with Crippen molar-refractivity contribution in [3.05, 3.63) is 58.1 Å². The molecule has 1 N–H and O–H groups in total. The minimum absolute atomic E-state index is 0.0120. The van der Waals surface area contributed by atoms with Gasteiger partial charge >= 0.3 is 0 Å². The van der Waals surface area contributed by atoms with Crippen LogP contribution in [0.25, 0.3) is 0 Å². The molecule has 1 saturated carbocycles. The second-order valence-electron chi connectivity index (χ2n) is 13.8. The van der Waals surface area contributed by atoms with Crippen molar-refractivity contribution in [3.8, 4) is 5.75 Å². The quantitative estimate of drug-likeness (QED) is 0.285. The molecule has 2 aliphatic carbocycles. The van der Waals surface area contributed by atoms with E-state index in [1.165, 1.54) is 24.0 Å². The Hall–Kier alpha value is -2.22. The second-order valence-corrected chi connectivity index (χ2v) is 16.7. The zero-order valence-corrected chi connectivity index (χ0v) is 26.4. The molecule has 0 radical (unpaired) electrons. The number of carbonyl (C=O) groups is 1. The number of hydrogen-bond acceptors (Lipinski definition) is 5. The number of ether oxygens (including phenoxy) is 2. The van der Waals surface area contributed by atoms with Crippen LogP contribution in [0.1, 0.15) is 80.3 Å². The first kappa shape index (κ1) is 28.5. The zero-order valence-electron chi connectivity index (χ0n) is 24.8. The fourth-order valence-electron chi connectivity index (χ4n) is 8.30. The molecule has 2 aromatic rings. The molecule has 6 nitrogen and oxygen atoms in total. The van der Waals surface area contributed by atoms with Crippen LogP contribution >= 0.6 is 11.6 Å². The van der Waals surface area contributed by atoms with Gasteiger partial charge in [0.15, 0.2) is 0 Å². The van der Waals surface area contributed by atoms with Crippen LogP contribution < -0.4 is 14.4 Å². The summed E-state index contributed by atoms with van der Waals surface area (Å²) in [7, 11) is -2.84. The van der Waals surface area contributed by atoms with Crippen molar-refractivity contribution in [2.45, 2.75) is 81.5 Å². The summed E-state index contributed by atoms with van der Waals surface area (Å²) >= 11 is 6.43. The molecule has 42 heavy (non-hydrogen) atoms. The van der Waals surface area contributed by atoms with Crippen molar-refractivity contribution in [3.63, 3.8) is 0 Å². The number of anilines is 1. The first-order chi connectivity index (χ1) is 20.1. The molecule has 2 fully saturated rings. The molecular weight excluding hydrogens is 568 g/mol. The number of nitrogens with zero attached hydrogens (tertiary/aromatic N) is 1. The van der Waals surface area contributed by atoms with Crippen LogP contribution in [0.5, 0.6) is 5.75 Å². The number of nitrogens with one attached hydrogen (secondary N) is 1. The number of halogens is 1. The van der Waals surface area contributed by atoms with Crippen LogP contribution in [0.2, 0.25) is 5.02 Å². The van der Waals surface area contributed by atoms with Crippen molar-refractivity contribution >= 4 is 38.8 Å². The van der Waals surface area contributed by atoms with Crippen LogP contribution in [-0.4, -0.2) is 53.1 Å². The molecule has 1 amide bonds. The van der Waals surface area contributed by atoms with E-state index in [4.69, 9.17) is 21.1 Å². The summed E-state index contributed by atoms with van der Waals surface area (Å²) in [6, 6.07) is 12.0. The molecule has 3 heterocycles. The molecule has 1 unspecified atom stereocenters. The van der Waals surface area contributed by atoms with Crippen molar-refractivity contribution in [1.82, 2.24) is 4.72 Å². The Labute approximate surface area is 255 Å². The van der Waals surface area contributed by atoms with Crippen LogP contribution in [0.4, 0.5) is 5.69 Å². The van der Waals surface area contributed by atoms with Crippen molar-refractivity contribution in [1.29, 1.82) is 0 Å². The molecule has 2 bridgehead atoms. The van der Waals surface area contributed by atoms with Crippen LogP contribution in [0, 0.1) is 17.8 Å². The summed E-state index contributed by atoms with van der Waals surface area (Å²) < 4.78 is 29.4. The SMILES string of the molecule is C=S1(=O)NC(=O)c2ccc3c(c2)N(C[C@@H]2CC[C@H]2[C@@]2(CCC[C@H](C)[C@H]1C)CO2)C[C@@]1(CCCc2cc(Cl)ccc21)CO3. The normalized spacial score (nSPS) is 38.0. The summed E-state index contributed by atoms with van der Waals surface area (Å²) in [5, 5.41) is 0.546. The molecule has 8 heteroatoms. The molecule has 1 saturated heterocycles. The van der Waals surface area contributed by atoms with Crippen LogP contribution in [0.15, 0.2) is 36.4 Å². The Balaban J connectivity index is 1.30. The van der Waals surface area contributed by atoms with E-state index in [0.717, 1.165) is 74.7 Å². The van der Waals surface area contributed by atoms with Crippen molar-refractivity contribution in [2.24, 2.45) is 17.8 Å². The Morgan fingerprint density at radius 1 is 1.07 bits per heavy atom. The highest BCUT2D eigenvalue weighted by molar-refractivity contribution is 7.99. The number of aryl methyl sites for hydroxylation is 1. The smallest absolute Gasteiger partial charge is 0.262 e. The molecule has 0 aromatic heterocycles. The molecule has 7 rings (SSSR count). The molecule has 2 aromatic carbocycles. The lowest BCUT2D eigenvalue weighted by Crippen LogP contribution is -2.50. The van der Waals surface area contributed by atoms with Gasteiger partial charge in [-0.15, -0.1) is 0 Å². The zero-order chi connectivity index (χ0) is 29.3. The third kappa shape index (κ3) is 4.93.